The van der Waals surface area contributed by atoms with Gasteiger partial charge in [-0.05, 0) is 13.3 Å². The Morgan fingerprint density at radius 3 is 3.12 bits per heavy atom. The van der Waals surface area contributed by atoms with Gasteiger partial charge in [0.2, 0.25) is 0 Å². The number of nitrogens with zero attached hydrogens (tertiary/aromatic N) is 2. The number of hydrogen-bond acceptors (Lipinski definition) is 4. The Balaban J connectivity index is 2.39. The van der Waals surface area contributed by atoms with Gasteiger partial charge in [0.25, 0.3) is 5.56 Å². The highest BCUT2D eigenvalue weighted by Gasteiger charge is 2.30. The normalized spacial score (nSPS) is 19.1. The Morgan fingerprint density at radius 2 is 2.44 bits per heavy atom. The van der Waals surface area contributed by atoms with E-state index in [0.717, 1.165) is 0 Å². The van der Waals surface area contributed by atoms with E-state index in [4.69, 9.17) is 0 Å². The number of ether oxygens (including phenoxy) is 1. The van der Waals surface area contributed by atoms with Crippen molar-refractivity contribution in [2.45, 2.75) is 19.4 Å². The Kier molecular flexibility index (Phi) is 2.64. The SMILES string of the molecule is COC(=O)N1CCc2c(nc[nH]c2=O)C1C. The zero-order chi connectivity index (χ0) is 11.7. The monoisotopic (exact) mass is 223 g/mol. The van der Waals surface area contributed by atoms with Crippen molar-refractivity contribution in [3.8, 4) is 0 Å². The minimum absolute atomic E-state index is 0.124. The third-order valence-electron chi connectivity index (χ3n) is 2.86. The van der Waals surface area contributed by atoms with Crippen LogP contribution in [0.2, 0.25) is 0 Å². The van der Waals surface area contributed by atoms with E-state index in [-0.39, 0.29) is 17.7 Å². The van der Waals surface area contributed by atoms with Crippen LogP contribution in [0.5, 0.6) is 0 Å². The molecule has 0 fully saturated rings. The molecule has 0 radical (unpaired) electrons. The van der Waals surface area contributed by atoms with Crippen LogP contribution in [0.3, 0.4) is 0 Å². The van der Waals surface area contributed by atoms with Crippen molar-refractivity contribution in [3.63, 3.8) is 0 Å². The zero-order valence-corrected chi connectivity index (χ0v) is 9.19. The third kappa shape index (κ3) is 1.56. The van der Waals surface area contributed by atoms with Crippen LogP contribution >= 0.6 is 0 Å². The fourth-order valence-corrected chi connectivity index (χ4v) is 1.98. The van der Waals surface area contributed by atoms with Gasteiger partial charge in [0.1, 0.15) is 0 Å². The minimum atomic E-state index is -0.389. The summed E-state index contributed by atoms with van der Waals surface area (Å²) in [7, 11) is 1.34. The summed E-state index contributed by atoms with van der Waals surface area (Å²) in [5.74, 6) is 0. The fourth-order valence-electron chi connectivity index (χ4n) is 1.98. The zero-order valence-electron chi connectivity index (χ0n) is 9.19. The van der Waals surface area contributed by atoms with Crippen LogP contribution < -0.4 is 5.56 Å². The predicted molar refractivity (Wildman–Crippen MR) is 56.1 cm³/mol. The molecule has 16 heavy (non-hydrogen) atoms. The van der Waals surface area contributed by atoms with Crippen LogP contribution in [0.25, 0.3) is 0 Å². The average molecular weight is 223 g/mol. The molecule has 86 valence electrons. The Labute approximate surface area is 92.3 Å². The van der Waals surface area contributed by atoms with Crippen molar-refractivity contribution in [1.29, 1.82) is 0 Å². The molecule has 2 rings (SSSR count). The quantitative estimate of drug-likeness (QED) is 0.693. The molecular formula is C10H13N3O3. The highest BCUT2D eigenvalue weighted by molar-refractivity contribution is 5.68. The summed E-state index contributed by atoms with van der Waals surface area (Å²) in [6.45, 7) is 2.32. The van der Waals surface area contributed by atoms with E-state index >= 15 is 0 Å². The summed E-state index contributed by atoms with van der Waals surface area (Å²) in [4.78, 5) is 31.2. The van der Waals surface area contributed by atoms with Gasteiger partial charge >= 0.3 is 6.09 Å². The smallest absolute Gasteiger partial charge is 0.410 e. The molecule has 1 aromatic rings. The molecular weight excluding hydrogens is 210 g/mol. The molecule has 0 aromatic carbocycles. The lowest BCUT2D eigenvalue weighted by atomic mass is 10.0. The molecule has 1 atom stereocenters. The molecule has 6 nitrogen and oxygen atoms in total. The first kappa shape index (κ1) is 10.7. The maximum Gasteiger partial charge on any atom is 0.410 e. The lowest BCUT2D eigenvalue weighted by Gasteiger charge is -2.32. The van der Waals surface area contributed by atoms with Crippen LogP contribution in [0.1, 0.15) is 24.2 Å². The topological polar surface area (TPSA) is 75.3 Å². The second-order valence-corrected chi connectivity index (χ2v) is 3.68. The van der Waals surface area contributed by atoms with Gasteiger partial charge < -0.3 is 9.72 Å². The van der Waals surface area contributed by atoms with Gasteiger partial charge in [-0.3, -0.25) is 9.69 Å². The summed E-state index contributed by atoms with van der Waals surface area (Å²) in [5.41, 5.74) is 1.19. The van der Waals surface area contributed by atoms with Crippen molar-refractivity contribution < 1.29 is 9.53 Å². The molecule has 1 amide bonds. The second kappa shape index (κ2) is 3.96. The van der Waals surface area contributed by atoms with E-state index in [9.17, 15) is 9.59 Å². The number of carbonyl (C=O) groups is 1. The maximum atomic E-state index is 11.5. The first-order valence-corrected chi connectivity index (χ1v) is 5.06. The lowest BCUT2D eigenvalue weighted by molar-refractivity contribution is 0.103. The van der Waals surface area contributed by atoms with Gasteiger partial charge in [0.05, 0.1) is 25.2 Å². The number of hydrogen-bond donors (Lipinski definition) is 1. The Morgan fingerprint density at radius 1 is 1.69 bits per heavy atom. The number of H-pyrrole nitrogens is 1. The highest BCUT2D eigenvalue weighted by Crippen LogP contribution is 2.25. The van der Waals surface area contributed by atoms with Crippen LogP contribution in [0.15, 0.2) is 11.1 Å². The molecule has 2 heterocycles. The summed E-state index contributed by atoms with van der Waals surface area (Å²) < 4.78 is 4.68. The number of aromatic nitrogens is 2. The van der Waals surface area contributed by atoms with E-state index in [0.29, 0.717) is 24.2 Å². The maximum absolute atomic E-state index is 11.5. The highest BCUT2D eigenvalue weighted by atomic mass is 16.5. The molecule has 0 bridgehead atoms. The number of aromatic amines is 1. The molecule has 1 aromatic heterocycles. The first-order chi connectivity index (χ1) is 7.65. The van der Waals surface area contributed by atoms with Crippen LogP contribution in [-0.2, 0) is 11.2 Å². The Bertz CT molecular complexity index is 469. The van der Waals surface area contributed by atoms with E-state index in [1.165, 1.54) is 13.4 Å². The number of nitrogens with one attached hydrogen (secondary N) is 1. The lowest BCUT2D eigenvalue weighted by Crippen LogP contribution is -2.41. The molecule has 0 aliphatic carbocycles. The molecule has 1 unspecified atom stereocenters. The summed E-state index contributed by atoms with van der Waals surface area (Å²) >= 11 is 0. The fraction of sp³-hybridized carbons (Fsp3) is 0.500. The van der Waals surface area contributed by atoms with Gasteiger partial charge in [-0.25, -0.2) is 9.78 Å². The van der Waals surface area contributed by atoms with Crippen LogP contribution in [-0.4, -0.2) is 34.6 Å². The molecule has 0 saturated carbocycles. The van der Waals surface area contributed by atoms with Crippen LogP contribution in [0, 0.1) is 0 Å². The second-order valence-electron chi connectivity index (χ2n) is 3.68. The third-order valence-corrected chi connectivity index (χ3v) is 2.86. The largest absolute Gasteiger partial charge is 0.453 e. The van der Waals surface area contributed by atoms with Gasteiger partial charge in [-0.1, -0.05) is 0 Å². The molecule has 6 heteroatoms. The van der Waals surface area contributed by atoms with Gasteiger partial charge in [-0.15, -0.1) is 0 Å². The molecule has 0 saturated heterocycles. The minimum Gasteiger partial charge on any atom is -0.453 e. The predicted octanol–water partition coefficient (Wildman–Crippen LogP) is 0.455. The van der Waals surface area contributed by atoms with E-state index in [1.807, 2.05) is 6.92 Å². The first-order valence-electron chi connectivity index (χ1n) is 5.06. The number of amides is 1. The van der Waals surface area contributed by atoms with Gasteiger partial charge in [0.15, 0.2) is 0 Å². The standard InChI is InChI=1S/C10H13N3O3/c1-6-8-7(9(14)12-5-11-8)3-4-13(6)10(15)16-2/h5-6H,3-4H2,1-2H3,(H,11,12,14). The van der Waals surface area contributed by atoms with Crippen molar-refractivity contribution in [2.24, 2.45) is 0 Å². The average Bonchev–Trinajstić information content (AvgIpc) is 2.30. The van der Waals surface area contributed by atoms with E-state index in [2.05, 4.69) is 14.7 Å². The number of carbonyl (C=O) groups excluding carboxylic acids is 1. The molecule has 0 spiro atoms. The Hall–Kier alpha value is -1.85. The summed E-state index contributed by atoms with van der Waals surface area (Å²) in [6, 6.07) is -0.224. The van der Waals surface area contributed by atoms with Crippen molar-refractivity contribution in [2.75, 3.05) is 13.7 Å². The number of rotatable bonds is 0. The van der Waals surface area contributed by atoms with E-state index < -0.39 is 0 Å². The summed E-state index contributed by atoms with van der Waals surface area (Å²) in [6.07, 6.45) is 1.48. The number of fused-ring (bicyclic) bond motifs is 1. The molecule has 1 aliphatic heterocycles. The van der Waals surface area contributed by atoms with Crippen molar-refractivity contribution >= 4 is 6.09 Å². The molecule has 1 aliphatic rings. The summed E-state index contributed by atoms with van der Waals surface area (Å²) in [5, 5.41) is 0. The number of methoxy groups -OCH3 is 1. The van der Waals surface area contributed by atoms with Gasteiger partial charge in [-0.2, -0.15) is 0 Å². The van der Waals surface area contributed by atoms with E-state index in [1.54, 1.807) is 4.90 Å². The van der Waals surface area contributed by atoms with Crippen molar-refractivity contribution in [1.82, 2.24) is 14.9 Å². The van der Waals surface area contributed by atoms with Crippen LogP contribution in [0.4, 0.5) is 4.79 Å². The van der Waals surface area contributed by atoms with Crippen molar-refractivity contribution in [3.05, 3.63) is 27.9 Å². The van der Waals surface area contributed by atoms with Gasteiger partial charge in [0, 0.05) is 12.1 Å². The molecule has 1 N–H and O–H groups in total.